The Morgan fingerprint density at radius 1 is 1.50 bits per heavy atom. The first-order valence-corrected chi connectivity index (χ1v) is 5.28. The number of amides is 1. The molecule has 0 fully saturated rings. The lowest BCUT2D eigenvalue weighted by atomic mass is 10.2. The number of hydrogen-bond donors (Lipinski definition) is 2. The number of nitrogen functional groups attached to an aromatic ring is 1. The zero-order valence-electron chi connectivity index (χ0n) is 10.1. The Bertz CT molecular complexity index is 578. The van der Waals surface area contributed by atoms with E-state index in [0.29, 0.717) is 22.7 Å². The molecule has 18 heavy (non-hydrogen) atoms. The van der Waals surface area contributed by atoms with Crippen LogP contribution in [0.25, 0.3) is 0 Å². The van der Waals surface area contributed by atoms with Gasteiger partial charge in [0, 0.05) is 11.6 Å². The SMILES string of the molecule is COc1ccc(N)c(NC(=O)c2oncc2C)c1. The highest BCUT2D eigenvalue weighted by Gasteiger charge is 2.15. The van der Waals surface area contributed by atoms with Crippen LogP contribution >= 0.6 is 0 Å². The molecule has 0 aliphatic heterocycles. The number of hydrogen-bond acceptors (Lipinski definition) is 5. The van der Waals surface area contributed by atoms with Crippen molar-refractivity contribution in [2.45, 2.75) is 6.92 Å². The van der Waals surface area contributed by atoms with Gasteiger partial charge in [0.1, 0.15) is 5.75 Å². The highest BCUT2D eigenvalue weighted by Crippen LogP contribution is 2.25. The number of aromatic nitrogens is 1. The fraction of sp³-hybridized carbons (Fsp3) is 0.167. The van der Waals surface area contributed by atoms with E-state index < -0.39 is 5.91 Å². The predicted octanol–water partition coefficient (Wildman–Crippen LogP) is 1.83. The van der Waals surface area contributed by atoms with Gasteiger partial charge in [-0.25, -0.2) is 0 Å². The van der Waals surface area contributed by atoms with E-state index in [0.717, 1.165) is 0 Å². The molecule has 0 spiro atoms. The third kappa shape index (κ3) is 2.27. The molecular formula is C12H13N3O3. The second-order valence-corrected chi connectivity index (χ2v) is 3.75. The minimum absolute atomic E-state index is 0.164. The summed E-state index contributed by atoms with van der Waals surface area (Å²) in [5, 5.41) is 6.20. The Morgan fingerprint density at radius 2 is 2.28 bits per heavy atom. The molecule has 1 amide bonds. The third-order valence-corrected chi connectivity index (χ3v) is 2.46. The molecule has 1 heterocycles. The Labute approximate surface area is 104 Å². The highest BCUT2D eigenvalue weighted by atomic mass is 16.5. The monoisotopic (exact) mass is 247 g/mol. The maximum Gasteiger partial charge on any atom is 0.294 e. The topological polar surface area (TPSA) is 90.4 Å². The van der Waals surface area contributed by atoms with Crippen molar-refractivity contribution in [2.75, 3.05) is 18.2 Å². The zero-order valence-corrected chi connectivity index (χ0v) is 10.1. The first-order valence-electron chi connectivity index (χ1n) is 5.28. The lowest BCUT2D eigenvalue weighted by molar-refractivity contribution is 0.0987. The van der Waals surface area contributed by atoms with Crippen molar-refractivity contribution >= 4 is 17.3 Å². The molecule has 0 aliphatic rings. The van der Waals surface area contributed by atoms with Crippen LogP contribution in [0.15, 0.2) is 28.9 Å². The maximum atomic E-state index is 11.9. The molecule has 6 heteroatoms. The molecule has 0 radical (unpaired) electrons. The molecule has 6 nitrogen and oxygen atoms in total. The molecule has 2 aromatic rings. The molecule has 0 unspecified atom stereocenters. The van der Waals surface area contributed by atoms with Gasteiger partial charge in [0.25, 0.3) is 5.91 Å². The number of anilines is 2. The first-order chi connectivity index (χ1) is 8.61. The zero-order chi connectivity index (χ0) is 13.1. The van der Waals surface area contributed by atoms with Gasteiger partial charge in [-0.05, 0) is 19.1 Å². The van der Waals surface area contributed by atoms with Gasteiger partial charge in [0.15, 0.2) is 0 Å². The van der Waals surface area contributed by atoms with Gasteiger partial charge in [-0.2, -0.15) is 0 Å². The number of methoxy groups -OCH3 is 1. The van der Waals surface area contributed by atoms with Crippen LogP contribution in [-0.4, -0.2) is 18.2 Å². The molecule has 0 aliphatic carbocycles. The smallest absolute Gasteiger partial charge is 0.294 e. The highest BCUT2D eigenvalue weighted by molar-refractivity contribution is 6.04. The quantitative estimate of drug-likeness (QED) is 0.807. The van der Waals surface area contributed by atoms with Crippen LogP contribution in [0.4, 0.5) is 11.4 Å². The number of carbonyl (C=O) groups excluding carboxylic acids is 1. The number of ether oxygens (including phenoxy) is 1. The van der Waals surface area contributed by atoms with Crippen LogP contribution in [0.3, 0.4) is 0 Å². The lowest BCUT2D eigenvalue weighted by Crippen LogP contribution is -2.13. The van der Waals surface area contributed by atoms with E-state index in [1.807, 2.05) is 0 Å². The first kappa shape index (κ1) is 12.0. The van der Waals surface area contributed by atoms with Crippen LogP contribution in [0.2, 0.25) is 0 Å². The van der Waals surface area contributed by atoms with E-state index in [1.54, 1.807) is 25.1 Å². The molecule has 3 N–H and O–H groups in total. The van der Waals surface area contributed by atoms with E-state index in [1.165, 1.54) is 13.3 Å². The number of benzene rings is 1. The van der Waals surface area contributed by atoms with Crippen LogP contribution in [-0.2, 0) is 0 Å². The van der Waals surface area contributed by atoms with Gasteiger partial charge in [0.2, 0.25) is 5.76 Å². The van der Waals surface area contributed by atoms with Gasteiger partial charge < -0.3 is 20.3 Å². The molecule has 0 bridgehead atoms. The van der Waals surface area contributed by atoms with Crippen molar-refractivity contribution in [1.29, 1.82) is 0 Å². The molecule has 94 valence electrons. The summed E-state index contributed by atoms with van der Waals surface area (Å²) in [6, 6.07) is 5.01. The van der Waals surface area contributed by atoms with Crippen molar-refractivity contribution in [3.05, 3.63) is 35.7 Å². The average molecular weight is 247 g/mol. The summed E-state index contributed by atoms with van der Waals surface area (Å²) in [6.07, 6.45) is 1.48. The maximum absolute atomic E-state index is 11.9. The fourth-order valence-corrected chi connectivity index (χ4v) is 1.46. The largest absolute Gasteiger partial charge is 0.497 e. The van der Waals surface area contributed by atoms with Crippen LogP contribution < -0.4 is 15.8 Å². The average Bonchev–Trinajstić information content (AvgIpc) is 2.78. The lowest BCUT2D eigenvalue weighted by Gasteiger charge is -2.08. The van der Waals surface area contributed by atoms with Crippen molar-refractivity contribution in [2.24, 2.45) is 0 Å². The normalized spacial score (nSPS) is 10.1. The van der Waals surface area contributed by atoms with Crippen LogP contribution in [0.5, 0.6) is 5.75 Å². The Morgan fingerprint density at radius 3 is 2.89 bits per heavy atom. The molecule has 0 saturated heterocycles. The van der Waals surface area contributed by atoms with Crippen LogP contribution in [0, 0.1) is 6.92 Å². The number of nitrogens with zero attached hydrogens (tertiary/aromatic N) is 1. The van der Waals surface area contributed by atoms with Crippen molar-refractivity contribution in [3.8, 4) is 5.75 Å². The molecule has 0 saturated carbocycles. The summed E-state index contributed by atoms with van der Waals surface area (Å²) in [4.78, 5) is 11.9. The van der Waals surface area contributed by atoms with E-state index in [4.69, 9.17) is 15.0 Å². The number of nitrogens with one attached hydrogen (secondary N) is 1. The summed E-state index contributed by atoms with van der Waals surface area (Å²) in [5.41, 5.74) is 7.34. The van der Waals surface area contributed by atoms with E-state index in [-0.39, 0.29) is 5.76 Å². The van der Waals surface area contributed by atoms with E-state index in [9.17, 15) is 4.79 Å². The molecular weight excluding hydrogens is 234 g/mol. The van der Waals surface area contributed by atoms with Gasteiger partial charge in [0.05, 0.1) is 24.7 Å². The van der Waals surface area contributed by atoms with Gasteiger partial charge in [-0.1, -0.05) is 5.16 Å². The molecule has 1 aromatic carbocycles. The fourth-order valence-electron chi connectivity index (χ4n) is 1.46. The summed E-state index contributed by atoms with van der Waals surface area (Å²) >= 11 is 0. The third-order valence-electron chi connectivity index (χ3n) is 2.46. The van der Waals surface area contributed by atoms with Crippen molar-refractivity contribution in [1.82, 2.24) is 5.16 Å². The number of rotatable bonds is 3. The minimum Gasteiger partial charge on any atom is -0.497 e. The summed E-state index contributed by atoms with van der Waals surface area (Å²) in [7, 11) is 1.54. The van der Waals surface area contributed by atoms with Gasteiger partial charge in [-0.15, -0.1) is 0 Å². The molecule has 2 rings (SSSR count). The second-order valence-electron chi connectivity index (χ2n) is 3.75. The Kier molecular flexibility index (Phi) is 3.18. The van der Waals surface area contributed by atoms with Crippen molar-refractivity contribution < 1.29 is 14.1 Å². The molecule has 1 aromatic heterocycles. The van der Waals surface area contributed by atoms with Crippen LogP contribution in [0.1, 0.15) is 16.1 Å². The predicted molar refractivity (Wildman–Crippen MR) is 66.6 cm³/mol. The summed E-state index contributed by atoms with van der Waals surface area (Å²) in [6.45, 7) is 1.74. The number of aryl methyl sites for hydroxylation is 1. The minimum atomic E-state index is -0.398. The Hall–Kier alpha value is -2.50. The number of nitrogens with two attached hydrogens (primary N) is 1. The van der Waals surface area contributed by atoms with Gasteiger partial charge >= 0.3 is 0 Å². The van der Waals surface area contributed by atoms with E-state index in [2.05, 4.69) is 10.5 Å². The van der Waals surface area contributed by atoms with E-state index >= 15 is 0 Å². The standard InChI is InChI=1S/C12H13N3O3/c1-7-6-14-18-11(7)12(16)15-10-5-8(17-2)3-4-9(10)13/h3-6H,13H2,1-2H3,(H,15,16). The Balaban J connectivity index is 2.24. The van der Waals surface area contributed by atoms with Gasteiger partial charge in [-0.3, -0.25) is 4.79 Å². The number of carbonyl (C=O) groups is 1. The molecule has 0 atom stereocenters. The van der Waals surface area contributed by atoms with Crippen molar-refractivity contribution in [3.63, 3.8) is 0 Å². The summed E-state index contributed by atoms with van der Waals surface area (Å²) in [5.74, 6) is 0.371. The second kappa shape index (κ2) is 4.79. The summed E-state index contributed by atoms with van der Waals surface area (Å²) < 4.78 is 9.92.